The van der Waals surface area contributed by atoms with E-state index in [2.05, 4.69) is 20.3 Å². The number of halogens is 1. The van der Waals surface area contributed by atoms with Gasteiger partial charge in [-0.3, -0.25) is 9.78 Å². The Kier molecular flexibility index (Phi) is 7.68. The van der Waals surface area contributed by atoms with E-state index in [9.17, 15) is 17.6 Å². The van der Waals surface area contributed by atoms with Gasteiger partial charge in [-0.25, -0.2) is 22.8 Å². The van der Waals surface area contributed by atoms with Gasteiger partial charge in [0, 0.05) is 43.8 Å². The van der Waals surface area contributed by atoms with E-state index in [1.54, 1.807) is 24.4 Å². The fraction of sp³-hybridized carbons (Fsp3) is 0.250. The number of rotatable bonds is 7. The number of fused-ring (bicyclic) bond motifs is 1. The first kappa shape index (κ1) is 27.1. The highest BCUT2D eigenvalue weighted by Crippen LogP contribution is 2.25. The maximum absolute atomic E-state index is 14.6. The van der Waals surface area contributed by atoms with Crippen LogP contribution in [0.1, 0.15) is 24.4 Å². The van der Waals surface area contributed by atoms with Gasteiger partial charge >= 0.3 is 0 Å². The number of morpholine rings is 1. The van der Waals surface area contributed by atoms with Gasteiger partial charge in [0.25, 0.3) is 5.91 Å². The topological polar surface area (TPSA) is 138 Å². The number of amides is 1. The monoisotopic (exact) mass is 562 g/mol. The van der Waals surface area contributed by atoms with E-state index in [-0.39, 0.29) is 24.5 Å². The first-order valence-corrected chi connectivity index (χ1v) is 14.2. The molecule has 1 aromatic carbocycles. The molecule has 12 heteroatoms. The Morgan fingerprint density at radius 3 is 2.73 bits per heavy atom. The summed E-state index contributed by atoms with van der Waals surface area (Å²) in [5.41, 5.74) is 2.33. The van der Waals surface area contributed by atoms with Crippen molar-refractivity contribution in [3.8, 4) is 17.5 Å². The van der Waals surface area contributed by atoms with E-state index in [1.807, 2.05) is 17.9 Å². The van der Waals surface area contributed by atoms with Crippen LogP contribution in [0.15, 0.2) is 65.7 Å². The average Bonchev–Trinajstić information content (AvgIpc) is 2.95. The van der Waals surface area contributed by atoms with Crippen molar-refractivity contribution >= 4 is 32.5 Å². The fourth-order valence-electron chi connectivity index (χ4n) is 4.36. The Bertz CT molecular complexity index is 1730. The Hall–Kier alpha value is -4.47. The van der Waals surface area contributed by atoms with E-state index >= 15 is 0 Å². The minimum atomic E-state index is -3.71. The molecule has 1 aliphatic rings. The van der Waals surface area contributed by atoms with Crippen molar-refractivity contribution in [1.82, 2.24) is 20.3 Å². The molecule has 0 unspecified atom stereocenters. The molecular formula is C28H27FN6O4S. The molecule has 5 rings (SSSR count). The second-order valence-corrected chi connectivity index (χ2v) is 11.3. The molecule has 1 aliphatic heterocycles. The third kappa shape index (κ3) is 6.06. The summed E-state index contributed by atoms with van der Waals surface area (Å²) in [5.74, 6) is -0.927. The average molecular weight is 563 g/mol. The number of nitriles is 1. The largest absolute Gasteiger partial charge is 0.375 e. The van der Waals surface area contributed by atoms with Gasteiger partial charge in [-0.1, -0.05) is 0 Å². The number of sulfone groups is 1. The molecule has 0 saturated carbocycles. The van der Waals surface area contributed by atoms with Crippen LogP contribution in [-0.2, 0) is 21.1 Å². The molecule has 0 radical (unpaired) electrons. The number of anilines is 1. The summed E-state index contributed by atoms with van der Waals surface area (Å²) in [5, 5.41) is 12.2. The second-order valence-electron chi connectivity index (χ2n) is 9.35. The van der Waals surface area contributed by atoms with Gasteiger partial charge in [0.15, 0.2) is 9.84 Å². The Morgan fingerprint density at radius 2 is 1.98 bits per heavy atom. The summed E-state index contributed by atoms with van der Waals surface area (Å²) in [4.78, 5) is 28.3. The summed E-state index contributed by atoms with van der Waals surface area (Å²) in [6.07, 6.45) is 1.67. The van der Waals surface area contributed by atoms with E-state index in [1.165, 1.54) is 36.4 Å². The van der Waals surface area contributed by atoms with Crippen molar-refractivity contribution in [2.24, 2.45) is 0 Å². The fourth-order valence-corrected chi connectivity index (χ4v) is 5.24. The SMILES string of the molecule is C[C@H]1CN(c2cc(F)cc(-c3ccc4cnc(CNC(=O)c5ccc(S(=O)(=O)CC#N)cc5)cc4n3)n2)CCO1.[HH]. The number of benzene rings is 1. The summed E-state index contributed by atoms with van der Waals surface area (Å²) in [6.45, 7) is 3.85. The first-order valence-electron chi connectivity index (χ1n) is 12.5. The zero-order chi connectivity index (χ0) is 28.3. The van der Waals surface area contributed by atoms with Crippen molar-refractivity contribution < 1.29 is 23.8 Å². The quantitative estimate of drug-likeness (QED) is 0.358. The van der Waals surface area contributed by atoms with Crippen LogP contribution in [-0.4, -0.2) is 60.8 Å². The molecule has 40 heavy (non-hydrogen) atoms. The predicted molar refractivity (Wildman–Crippen MR) is 148 cm³/mol. The molecule has 0 aliphatic carbocycles. The van der Waals surface area contributed by atoms with Crippen LogP contribution in [0.25, 0.3) is 22.3 Å². The standard InChI is InChI=1S/C28H25FN6O4S.H2/c1-18-17-35(9-10-39-18)27-13-21(29)12-26(34-27)24-7-4-20-15-31-22(14-25(20)33-24)16-32-28(36)19-2-5-23(6-3-19)40(37,38)11-8-30;/h2-7,12-15,18H,9-11,16-17H2,1H3,(H,32,36);1H/t18-;/m0./s1. The zero-order valence-corrected chi connectivity index (χ0v) is 22.4. The molecule has 1 fully saturated rings. The maximum Gasteiger partial charge on any atom is 0.251 e. The highest BCUT2D eigenvalue weighted by atomic mass is 32.2. The van der Waals surface area contributed by atoms with E-state index in [0.717, 1.165) is 5.39 Å². The van der Waals surface area contributed by atoms with E-state index < -0.39 is 27.3 Å². The van der Waals surface area contributed by atoms with Crippen molar-refractivity contribution in [1.29, 1.82) is 5.26 Å². The van der Waals surface area contributed by atoms with Crippen LogP contribution in [0.3, 0.4) is 0 Å². The van der Waals surface area contributed by atoms with E-state index in [4.69, 9.17) is 10.00 Å². The molecule has 206 valence electrons. The Balaban J connectivity index is 0.00000387. The summed E-state index contributed by atoms with van der Waals surface area (Å²) in [6, 6.07) is 15.1. The molecule has 3 aromatic heterocycles. The number of ether oxygens (including phenoxy) is 1. The van der Waals surface area contributed by atoms with Crippen molar-refractivity contribution in [3.63, 3.8) is 0 Å². The lowest BCUT2D eigenvalue weighted by atomic mass is 10.1. The van der Waals surface area contributed by atoms with E-state index in [0.29, 0.717) is 48.1 Å². The summed E-state index contributed by atoms with van der Waals surface area (Å²) in [7, 11) is -3.71. The molecule has 4 heterocycles. The number of pyridine rings is 3. The normalized spacial score (nSPS) is 15.5. The minimum Gasteiger partial charge on any atom is -0.375 e. The highest BCUT2D eigenvalue weighted by molar-refractivity contribution is 7.91. The minimum absolute atomic E-state index is 0. The van der Waals surface area contributed by atoms with Crippen LogP contribution < -0.4 is 10.2 Å². The molecule has 1 amide bonds. The maximum atomic E-state index is 14.6. The summed E-state index contributed by atoms with van der Waals surface area (Å²) < 4.78 is 44.1. The molecule has 0 spiro atoms. The third-order valence-electron chi connectivity index (χ3n) is 6.39. The van der Waals surface area contributed by atoms with Crippen molar-refractivity contribution in [3.05, 3.63) is 77.9 Å². The molecule has 4 aromatic rings. The van der Waals surface area contributed by atoms with Crippen LogP contribution >= 0.6 is 0 Å². The molecule has 1 atom stereocenters. The number of carbonyl (C=O) groups is 1. The highest BCUT2D eigenvalue weighted by Gasteiger charge is 2.20. The van der Waals surface area contributed by atoms with Gasteiger partial charge in [0.2, 0.25) is 0 Å². The lowest BCUT2D eigenvalue weighted by molar-refractivity contribution is 0.0529. The number of aromatic nitrogens is 3. The van der Waals surface area contributed by atoms with Gasteiger partial charge in [0.05, 0.1) is 52.8 Å². The van der Waals surface area contributed by atoms with Crippen LogP contribution in [0.5, 0.6) is 0 Å². The van der Waals surface area contributed by atoms with Gasteiger partial charge in [-0.15, -0.1) is 0 Å². The molecule has 10 nitrogen and oxygen atoms in total. The Labute approximate surface area is 231 Å². The van der Waals surface area contributed by atoms with Crippen molar-refractivity contribution in [2.75, 3.05) is 30.3 Å². The lowest BCUT2D eigenvalue weighted by Crippen LogP contribution is -2.41. The predicted octanol–water partition coefficient (Wildman–Crippen LogP) is 3.53. The van der Waals surface area contributed by atoms with Crippen molar-refractivity contribution in [2.45, 2.75) is 24.5 Å². The Morgan fingerprint density at radius 1 is 1.18 bits per heavy atom. The van der Waals surface area contributed by atoms with Gasteiger partial charge in [0.1, 0.15) is 17.4 Å². The van der Waals surface area contributed by atoms with Crippen LogP contribution in [0.2, 0.25) is 0 Å². The van der Waals surface area contributed by atoms with Gasteiger partial charge in [-0.2, -0.15) is 5.26 Å². The van der Waals surface area contributed by atoms with Gasteiger partial charge in [-0.05, 0) is 49.4 Å². The third-order valence-corrected chi connectivity index (χ3v) is 7.89. The van der Waals surface area contributed by atoms with Crippen LogP contribution in [0.4, 0.5) is 10.2 Å². The number of nitrogens with one attached hydrogen (secondary N) is 1. The van der Waals surface area contributed by atoms with Gasteiger partial charge < -0.3 is 15.0 Å². The first-order chi connectivity index (χ1) is 19.2. The number of hydrogen-bond donors (Lipinski definition) is 1. The van der Waals surface area contributed by atoms with Crippen LogP contribution in [0, 0.1) is 17.1 Å². The number of carbonyl (C=O) groups excluding carboxylic acids is 1. The molecule has 1 saturated heterocycles. The lowest BCUT2D eigenvalue weighted by Gasteiger charge is -2.32. The second kappa shape index (κ2) is 11.3. The number of hydrogen-bond acceptors (Lipinski definition) is 9. The molecular weight excluding hydrogens is 535 g/mol. The smallest absolute Gasteiger partial charge is 0.251 e. The number of nitrogens with zero attached hydrogens (tertiary/aromatic N) is 5. The zero-order valence-electron chi connectivity index (χ0n) is 21.5. The summed E-state index contributed by atoms with van der Waals surface area (Å²) >= 11 is 0. The molecule has 1 N–H and O–H groups in total. The molecule has 0 bridgehead atoms.